The van der Waals surface area contributed by atoms with Crippen molar-refractivity contribution >= 4 is 16.5 Å². The van der Waals surface area contributed by atoms with Crippen LogP contribution in [0.1, 0.15) is 41.9 Å². The highest BCUT2D eigenvalue weighted by Gasteiger charge is 2.32. The third-order valence-electron chi connectivity index (χ3n) is 5.82. The van der Waals surface area contributed by atoms with Gasteiger partial charge in [-0.05, 0) is 65.8 Å². The number of fused-ring (bicyclic) bond motifs is 2. The number of rotatable bonds is 6. The standard InChI is InChI=1S/C24H28N2O/c25-21-13-11-17-7-1-3-9-19(17)23(21)24-20-10-4-2-8-18(20)12-14-22(24)26-15-5-6-16-27/h1-4,7-11,13,22,24,26-27H,5-6,12,14-16,25H2. The predicted molar refractivity (Wildman–Crippen MR) is 113 cm³/mol. The molecule has 1 aliphatic rings. The largest absolute Gasteiger partial charge is 0.398 e. The molecule has 0 spiro atoms. The van der Waals surface area contributed by atoms with Crippen LogP contribution in [0.5, 0.6) is 0 Å². The maximum absolute atomic E-state index is 9.07. The van der Waals surface area contributed by atoms with Crippen molar-refractivity contribution in [3.63, 3.8) is 0 Å². The minimum Gasteiger partial charge on any atom is -0.398 e. The molecule has 0 radical (unpaired) electrons. The molecule has 0 aromatic heterocycles. The summed E-state index contributed by atoms with van der Waals surface area (Å²) in [7, 11) is 0. The number of aliphatic hydroxyl groups is 1. The summed E-state index contributed by atoms with van der Waals surface area (Å²) >= 11 is 0. The van der Waals surface area contributed by atoms with E-state index in [1.54, 1.807) is 0 Å². The second-order valence-corrected chi connectivity index (χ2v) is 7.50. The normalized spacial score (nSPS) is 19.1. The molecular weight excluding hydrogens is 332 g/mol. The molecule has 2 unspecified atom stereocenters. The summed E-state index contributed by atoms with van der Waals surface area (Å²) in [6.45, 7) is 1.18. The van der Waals surface area contributed by atoms with E-state index in [0.29, 0.717) is 6.04 Å². The van der Waals surface area contributed by atoms with Crippen molar-refractivity contribution in [1.29, 1.82) is 0 Å². The van der Waals surface area contributed by atoms with E-state index in [9.17, 15) is 0 Å². The van der Waals surface area contributed by atoms with Crippen LogP contribution < -0.4 is 11.1 Å². The Morgan fingerprint density at radius 2 is 1.78 bits per heavy atom. The number of aryl methyl sites for hydroxylation is 1. The molecule has 0 bridgehead atoms. The van der Waals surface area contributed by atoms with E-state index in [1.165, 1.54) is 27.5 Å². The Morgan fingerprint density at radius 3 is 2.67 bits per heavy atom. The van der Waals surface area contributed by atoms with Gasteiger partial charge in [0.15, 0.2) is 0 Å². The van der Waals surface area contributed by atoms with Crippen LogP contribution >= 0.6 is 0 Å². The van der Waals surface area contributed by atoms with Gasteiger partial charge in [-0.2, -0.15) is 0 Å². The molecule has 3 aromatic carbocycles. The number of nitrogens with two attached hydrogens (primary N) is 1. The van der Waals surface area contributed by atoms with Gasteiger partial charge in [0, 0.05) is 24.3 Å². The molecule has 27 heavy (non-hydrogen) atoms. The molecule has 3 nitrogen and oxygen atoms in total. The molecular formula is C24H28N2O. The van der Waals surface area contributed by atoms with Gasteiger partial charge in [-0.3, -0.25) is 0 Å². The number of benzene rings is 3. The molecule has 0 saturated carbocycles. The van der Waals surface area contributed by atoms with Crippen molar-refractivity contribution in [2.75, 3.05) is 18.9 Å². The van der Waals surface area contributed by atoms with E-state index in [1.807, 2.05) is 0 Å². The molecule has 1 aliphatic carbocycles. The van der Waals surface area contributed by atoms with Crippen LogP contribution in [0.3, 0.4) is 0 Å². The number of unbranched alkanes of at least 4 members (excludes halogenated alkanes) is 1. The van der Waals surface area contributed by atoms with Gasteiger partial charge < -0.3 is 16.2 Å². The average molecular weight is 361 g/mol. The average Bonchev–Trinajstić information content (AvgIpc) is 2.71. The number of nitrogens with one attached hydrogen (secondary N) is 1. The van der Waals surface area contributed by atoms with Crippen molar-refractivity contribution in [2.45, 2.75) is 37.6 Å². The van der Waals surface area contributed by atoms with Crippen molar-refractivity contribution in [1.82, 2.24) is 5.32 Å². The molecule has 0 aliphatic heterocycles. The van der Waals surface area contributed by atoms with Gasteiger partial charge in [0.2, 0.25) is 0 Å². The SMILES string of the molecule is Nc1ccc2ccccc2c1C1c2ccccc2CCC1NCCCCO. The second-order valence-electron chi connectivity index (χ2n) is 7.50. The Bertz CT molecular complexity index is 921. The zero-order valence-corrected chi connectivity index (χ0v) is 15.7. The summed E-state index contributed by atoms with van der Waals surface area (Å²) in [5, 5.41) is 15.3. The Kier molecular flexibility index (Phi) is 5.42. The smallest absolute Gasteiger partial charge is 0.0431 e. The van der Waals surface area contributed by atoms with E-state index in [-0.39, 0.29) is 12.5 Å². The van der Waals surface area contributed by atoms with Crippen molar-refractivity contribution < 1.29 is 5.11 Å². The van der Waals surface area contributed by atoms with Gasteiger partial charge >= 0.3 is 0 Å². The quantitative estimate of drug-likeness (QED) is 0.455. The van der Waals surface area contributed by atoms with Gasteiger partial charge in [0.25, 0.3) is 0 Å². The summed E-state index contributed by atoms with van der Waals surface area (Å²) in [6, 6.07) is 21.9. The Balaban J connectivity index is 1.80. The van der Waals surface area contributed by atoms with E-state index in [4.69, 9.17) is 10.8 Å². The lowest BCUT2D eigenvalue weighted by molar-refractivity contribution is 0.281. The summed E-state index contributed by atoms with van der Waals surface area (Å²) < 4.78 is 0. The summed E-state index contributed by atoms with van der Waals surface area (Å²) in [5.41, 5.74) is 11.5. The molecule has 0 amide bonds. The number of aliphatic hydroxyl groups excluding tert-OH is 1. The minimum atomic E-state index is 0.246. The lowest BCUT2D eigenvalue weighted by Gasteiger charge is -2.36. The van der Waals surface area contributed by atoms with E-state index >= 15 is 0 Å². The first-order chi connectivity index (χ1) is 13.3. The molecule has 4 rings (SSSR count). The van der Waals surface area contributed by atoms with E-state index < -0.39 is 0 Å². The number of hydrogen-bond donors (Lipinski definition) is 3. The van der Waals surface area contributed by atoms with Crippen molar-refractivity contribution in [3.05, 3.63) is 77.4 Å². The van der Waals surface area contributed by atoms with Crippen LogP contribution in [-0.4, -0.2) is 24.3 Å². The lowest BCUT2D eigenvalue weighted by atomic mass is 9.74. The molecule has 3 heteroatoms. The van der Waals surface area contributed by atoms with Gasteiger partial charge in [0.05, 0.1) is 0 Å². The van der Waals surface area contributed by atoms with Crippen LogP contribution in [0, 0.1) is 0 Å². The summed E-state index contributed by atoms with van der Waals surface area (Å²) in [6.07, 6.45) is 4.03. The first kappa shape index (κ1) is 18.0. The third kappa shape index (κ3) is 3.58. The van der Waals surface area contributed by atoms with E-state index in [2.05, 4.69) is 66.0 Å². The monoisotopic (exact) mass is 360 g/mol. The maximum atomic E-state index is 9.07. The van der Waals surface area contributed by atoms with Gasteiger partial charge in [0.1, 0.15) is 0 Å². The summed E-state index contributed by atoms with van der Waals surface area (Å²) in [5.74, 6) is 0.246. The molecule has 3 aromatic rings. The molecule has 0 fully saturated rings. The molecule has 2 atom stereocenters. The highest BCUT2D eigenvalue weighted by molar-refractivity contribution is 5.91. The topological polar surface area (TPSA) is 58.3 Å². The number of anilines is 1. The fraction of sp³-hybridized carbons (Fsp3) is 0.333. The second kappa shape index (κ2) is 8.12. The first-order valence-electron chi connectivity index (χ1n) is 9.99. The highest BCUT2D eigenvalue weighted by atomic mass is 16.2. The molecule has 0 saturated heterocycles. The predicted octanol–water partition coefficient (Wildman–Crippen LogP) is 4.23. The summed E-state index contributed by atoms with van der Waals surface area (Å²) in [4.78, 5) is 0. The van der Waals surface area contributed by atoms with Crippen molar-refractivity contribution in [3.8, 4) is 0 Å². The third-order valence-corrected chi connectivity index (χ3v) is 5.82. The Hall–Kier alpha value is -2.36. The van der Waals surface area contributed by atoms with Crippen molar-refractivity contribution in [2.24, 2.45) is 0 Å². The maximum Gasteiger partial charge on any atom is 0.0431 e. The van der Waals surface area contributed by atoms with Gasteiger partial charge in [-0.1, -0.05) is 54.6 Å². The minimum absolute atomic E-state index is 0.246. The Labute approximate surface area is 161 Å². The zero-order valence-electron chi connectivity index (χ0n) is 15.7. The molecule has 4 N–H and O–H groups in total. The fourth-order valence-electron chi connectivity index (χ4n) is 4.52. The van der Waals surface area contributed by atoms with Gasteiger partial charge in [-0.15, -0.1) is 0 Å². The number of nitrogen functional groups attached to an aromatic ring is 1. The lowest BCUT2D eigenvalue weighted by Crippen LogP contribution is -2.39. The number of hydrogen-bond acceptors (Lipinski definition) is 3. The van der Waals surface area contributed by atoms with Crippen LogP contribution in [0.2, 0.25) is 0 Å². The molecule has 0 heterocycles. The first-order valence-corrected chi connectivity index (χ1v) is 9.99. The van der Waals surface area contributed by atoms with Crippen LogP contribution in [-0.2, 0) is 6.42 Å². The van der Waals surface area contributed by atoms with Crippen LogP contribution in [0.4, 0.5) is 5.69 Å². The Morgan fingerprint density at radius 1 is 0.963 bits per heavy atom. The van der Waals surface area contributed by atoms with Gasteiger partial charge in [-0.25, -0.2) is 0 Å². The highest BCUT2D eigenvalue weighted by Crippen LogP contribution is 2.42. The van der Waals surface area contributed by atoms with Crippen LogP contribution in [0.15, 0.2) is 60.7 Å². The zero-order chi connectivity index (χ0) is 18.6. The fourth-order valence-corrected chi connectivity index (χ4v) is 4.52. The van der Waals surface area contributed by atoms with Crippen LogP contribution in [0.25, 0.3) is 10.8 Å². The van der Waals surface area contributed by atoms with E-state index in [0.717, 1.165) is 37.9 Å². The molecule has 140 valence electrons.